The van der Waals surface area contributed by atoms with E-state index < -0.39 is 38.6 Å². The van der Waals surface area contributed by atoms with Crippen LogP contribution in [0.15, 0.2) is 87.5 Å². The van der Waals surface area contributed by atoms with Crippen LogP contribution in [0.4, 0.5) is 24.5 Å². The van der Waals surface area contributed by atoms with Crippen molar-refractivity contribution in [2.75, 3.05) is 50.4 Å². The van der Waals surface area contributed by atoms with E-state index >= 15 is 0 Å². The second-order valence-corrected chi connectivity index (χ2v) is 14.2. The van der Waals surface area contributed by atoms with E-state index in [1.165, 1.54) is 0 Å². The van der Waals surface area contributed by atoms with Crippen LogP contribution in [0, 0.1) is 0 Å². The zero-order chi connectivity index (χ0) is 29.1. The fraction of sp³-hybridized carbons (Fsp3) is 0.357. The first kappa shape index (κ1) is 30.0. The Hall–Kier alpha value is -2.93. The standard InChI is InChI=1S/C28H33F3N2O5S2/c1-32(2)21-10-14-24(15-11-21)40(38-39(34,35)20-28(29,30)31,25-16-12-22(13-17-25)33(3)4)26-8-5-7-23(19-26)37-27-9-6-18-36-27/h5,7-8,10-17,19,27H,6,9,18,20H2,1-4H3. The van der Waals surface area contributed by atoms with Gasteiger partial charge in [-0.1, -0.05) is 6.07 Å². The van der Waals surface area contributed by atoms with Crippen molar-refractivity contribution in [1.82, 2.24) is 0 Å². The lowest BCUT2D eigenvalue weighted by molar-refractivity contribution is -0.107. The molecule has 0 aromatic heterocycles. The number of hydrogen-bond acceptors (Lipinski definition) is 7. The Morgan fingerprint density at radius 3 is 1.85 bits per heavy atom. The summed E-state index contributed by atoms with van der Waals surface area (Å²) in [6.45, 7) is 0.564. The molecule has 3 aromatic carbocycles. The summed E-state index contributed by atoms with van der Waals surface area (Å²) in [6, 6.07) is 20.5. The van der Waals surface area contributed by atoms with E-state index in [0.29, 0.717) is 33.5 Å². The van der Waals surface area contributed by atoms with Crippen molar-refractivity contribution in [2.24, 2.45) is 0 Å². The Bertz CT molecular complexity index is 1340. The van der Waals surface area contributed by atoms with Gasteiger partial charge in [-0.3, -0.25) is 0 Å². The first-order valence-corrected chi connectivity index (χ1v) is 15.7. The maximum Gasteiger partial charge on any atom is 0.405 e. The van der Waals surface area contributed by atoms with E-state index in [4.69, 9.17) is 13.1 Å². The van der Waals surface area contributed by atoms with Crippen molar-refractivity contribution < 1.29 is 34.7 Å². The van der Waals surface area contributed by atoms with Gasteiger partial charge in [0.1, 0.15) is 5.75 Å². The van der Waals surface area contributed by atoms with Crippen LogP contribution in [0.3, 0.4) is 0 Å². The molecule has 1 aliphatic heterocycles. The van der Waals surface area contributed by atoms with Crippen LogP contribution < -0.4 is 14.5 Å². The number of hydrogen-bond donors (Lipinski definition) is 0. The summed E-state index contributed by atoms with van der Waals surface area (Å²) in [6.07, 6.45) is -3.92. The molecule has 4 rings (SSSR count). The zero-order valence-corrected chi connectivity index (χ0v) is 24.4. The fourth-order valence-electron chi connectivity index (χ4n) is 4.30. The second-order valence-electron chi connectivity index (χ2n) is 9.75. The number of nitrogens with zero attached hydrogens (tertiary/aromatic N) is 2. The number of anilines is 2. The zero-order valence-electron chi connectivity index (χ0n) is 22.7. The maximum absolute atomic E-state index is 13.4. The normalized spacial score (nSPS) is 16.5. The van der Waals surface area contributed by atoms with E-state index in [1.807, 2.05) is 38.0 Å². The Labute approximate surface area is 235 Å². The summed E-state index contributed by atoms with van der Waals surface area (Å²) < 4.78 is 83.8. The highest BCUT2D eigenvalue weighted by Crippen LogP contribution is 2.70. The molecule has 1 heterocycles. The second kappa shape index (κ2) is 11.9. The van der Waals surface area contributed by atoms with E-state index in [1.54, 1.807) is 72.8 Å². The average molecular weight is 599 g/mol. The van der Waals surface area contributed by atoms with Gasteiger partial charge in [0.05, 0.1) is 6.61 Å². The lowest BCUT2D eigenvalue weighted by Gasteiger charge is -2.40. The summed E-state index contributed by atoms with van der Waals surface area (Å²) in [5.74, 6) is -1.72. The minimum atomic E-state index is -5.10. The summed E-state index contributed by atoms with van der Waals surface area (Å²) in [7, 11) is -0.943. The van der Waals surface area contributed by atoms with Gasteiger partial charge in [0.25, 0.3) is 10.1 Å². The highest BCUT2D eigenvalue weighted by atomic mass is 32.3. The molecule has 40 heavy (non-hydrogen) atoms. The molecule has 0 saturated carbocycles. The Morgan fingerprint density at radius 1 is 0.850 bits per heavy atom. The fourth-order valence-corrected chi connectivity index (χ4v) is 9.48. The smallest absolute Gasteiger partial charge is 0.405 e. The van der Waals surface area contributed by atoms with Gasteiger partial charge in [-0.15, -0.1) is 0 Å². The maximum atomic E-state index is 13.4. The molecule has 1 unspecified atom stereocenters. The monoisotopic (exact) mass is 598 g/mol. The van der Waals surface area contributed by atoms with Crippen LogP contribution in [0.25, 0.3) is 0 Å². The van der Waals surface area contributed by atoms with Crippen molar-refractivity contribution in [3.05, 3.63) is 72.8 Å². The Morgan fingerprint density at radius 2 is 1.40 bits per heavy atom. The molecule has 1 saturated heterocycles. The molecule has 1 aliphatic rings. The lowest BCUT2D eigenvalue weighted by Crippen LogP contribution is -2.26. The van der Waals surface area contributed by atoms with Gasteiger partial charge in [-0.25, -0.2) is 3.63 Å². The molecular formula is C28H33F3N2O5S2. The topological polar surface area (TPSA) is 68.3 Å². The summed E-state index contributed by atoms with van der Waals surface area (Å²) >= 11 is 0. The molecule has 0 spiro atoms. The van der Waals surface area contributed by atoms with Gasteiger partial charge in [0.2, 0.25) is 0 Å². The minimum Gasteiger partial charge on any atom is -0.465 e. The third-order valence-corrected chi connectivity index (χ3v) is 11.3. The van der Waals surface area contributed by atoms with Gasteiger partial charge < -0.3 is 19.3 Å². The molecule has 0 amide bonds. The van der Waals surface area contributed by atoms with Crippen LogP contribution in [0.1, 0.15) is 12.8 Å². The van der Waals surface area contributed by atoms with Crippen LogP contribution in [0.2, 0.25) is 0 Å². The molecule has 1 fully saturated rings. The third kappa shape index (κ3) is 7.03. The summed E-state index contributed by atoms with van der Waals surface area (Å²) in [4.78, 5) is 4.92. The first-order valence-electron chi connectivity index (χ1n) is 12.6. The molecule has 0 aliphatic carbocycles. The largest absolute Gasteiger partial charge is 0.465 e. The molecule has 7 nitrogen and oxygen atoms in total. The average Bonchev–Trinajstić information content (AvgIpc) is 3.39. The van der Waals surface area contributed by atoms with Crippen molar-refractivity contribution in [3.8, 4) is 5.75 Å². The van der Waals surface area contributed by atoms with Gasteiger partial charge in [0.15, 0.2) is 12.0 Å². The molecule has 0 bridgehead atoms. The number of halogens is 3. The van der Waals surface area contributed by atoms with Gasteiger partial charge in [-0.05, 0) is 83.5 Å². The number of alkyl halides is 3. The molecular weight excluding hydrogens is 565 g/mol. The van der Waals surface area contributed by atoms with Crippen molar-refractivity contribution in [2.45, 2.75) is 40.0 Å². The van der Waals surface area contributed by atoms with Gasteiger partial charge in [-0.2, -0.15) is 21.6 Å². The van der Waals surface area contributed by atoms with Crippen LogP contribution in [-0.2, 0) is 18.5 Å². The molecule has 0 radical (unpaired) electrons. The molecule has 12 heteroatoms. The Balaban J connectivity index is 1.96. The number of ether oxygens (including phenoxy) is 2. The molecule has 3 aromatic rings. The molecule has 218 valence electrons. The number of rotatable bonds is 10. The summed E-state index contributed by atoms with van der Waals surface area (Å²) in [5.41, 5.74) is 1.65. The van der Waals surface area contributed by atoms with Crippen LogP contribution in [-0.4, -0.2) is 61.4 Å². The van der Waals surface area contributed by atoms with E-state index in [0.717, 1.165) is 17.8 Å². The quantitative estimate of drug-likeness (QED) is 0.266. The SMILES string of the molecule is CN(C)c1ccc(S(OS(=O)(=O)CC(F)(F)F)(c2ccc(N(C)C)cc2)c2cccc(OC3CCCO3)c2)cc1. The lowest BCUT2D eigenvalue weighted by atomic mass is 10.3. The summed E-state index contributed by atoms with van der Waals surface area (Å²) in [5, 5.41) is 0. The van der Waals surface area contributed by atoms with Gasteiger partial charge >= 0.3 is 6.18 Å². The highest BCUT2D eigenvalue weighted by molar-refractivity contribution is 8.33. The minimum absolute atomic E-state index is 0.365. The van der Waals surface area contributed by atoms with Crippen molar-refractivity contribution >= 4 is 31.8 Å². The van der Waals surface area contributed by atoms with Crippen molar-refractivity contribution in [3.63, 3.8) is 0 Å². The van der Waals surface area contributed by atoms with Gasteiger partial charge in [0, 0.05) is 60.7 Å². The Kier molecular flexibility index (Phi) is 8.93. The first-order chi connectivity index (χ1) is 18.8. The predicted molar refractivity (Wildman–Crippen MR) is 151 cm³/mol. The van der Waals surface area contributed by atoms with E-state index in [2.05, 4.69) is 0 Å². The molecule has 0 N–H and O–H groups in total. The predicted octanol–water partition coefficient (Wildman–Crippen LogP) is 6.44. The van der Waals surface area contributed by atoms with Crippen molar-refractivity contribution in [1.29, 1.82) is 0 Å². The number of benzene rings is 3. The van der Waals surface area contributed by atoms with E-state index in [-0.39, 0.29) is 0 Å². The highest BCUT2D eigenvalue weighted by Gasteiger charge is 2.43. The molecule has 1 atom stereocenters. The van der Waals surface area contributed by atoms with E-state index in [9.17, 15) is 21.6 Å². The third-order valence-electron chi connectivity index (χ3n) is 6.21. The van der Waals surface area contributed by atoms with Crippen LogP contribution in [0.5, 0.6) is 5.75 Å². The van der Waals surface area contributed by atoms with Crippen LogP contribution >= 0.6 is 10.3 Å².